The van der Waals surface area contributed by atoms with Crippen molar-refractivity contribution in [3.05, 3.63) is 59.2 Å². The maximum atomic E-state index is 11.9. The van der Waals surface area contributed by atoms with Gasteiger partial charge in [-0.2, -0.15) is 0 Å². The molecule has 2 aromatic carbocycles. The highest BCUT2D eigenvalue weighted by Crippen LogP contribution is 2.40. The van der Waals surface area contributed by atoms with E-state index in [4.69, 9.17) is 9.16 Å². The second-order valence-electron chi connectivity index (χ2n) is 11.7. The number of esters is 1. The van der Waals surface area contributed by atoms with Crippen LogP contribution in [0.5, 0.6) is 5.75 Å². The molecule has 0 saturated heterocycles. The van der Waals surface area contributed by atoms with Gasteiger partial charge in [-0.15, -0.1) is 0 Å². The summed E-state index contributed by atoms with van der Waals surface area (Å²) in [6.07, 6.45) is 1.31. The van der Waals surface area contributed by atoms with Crippen molar-refractivity contribution in [1.82, 2.24) is 5.32 Å². The van der Waals surface area contributed by atoms with Gasteiger partial charge in [0.15, 0.2) is 8.32 Å². The monoisotopic (exact) mass is 550 g/mol. The number of ether oxygens (including phenoxy) is 1. The van der Waals surface area contributed by atoms with Crippen LogP contribution in [0.25, 0.3) is 0 Å². The van der Waals surface area contributed by atoms with Gasteiger partial charge in [0.2, 0.25) is 10.0 Å². The summed E-state index contributed by atoms with van der Waals surface area (Å²) in [5, 5.41) is 13.8. The number of phenolic OH excluding ortho intramolecular Hbond substituents is 1. The summed E-state index contributed by atoms with van der Waals surface area (Å²) in [5.41, 5.74) is 2.01. The Kier molecular flexibility index (Phi) is 9.62. The predicted octanol–water partition coefficient (Wildman–Crippen LogP) is 5.22. The molecule has 0 aliphatic carbocycles. The third-order valence-electron chi connectivity index (χ3n) is 6.69. The lowest BCUT2D eigenvalue weighted by atomic mass is 9.93. The molecule has 0 bridgehead atoms. The normalized spacial score (nSPS) is 13.8. The van der Waals surface area contributed by atoms with Crippen LogP contribution in [0.4, 0.5) is 5.69 Å². The largest absolute Gasteiger partial charge is 0.506 e. The molecule has 1 atom stereocenters. The number of sulfonamides is 1. The number of carbonyl (C=O) groups is 1. The Morgan fingerprint density at radius 1 is 1.08 bits per heavy atom. The van der Waals surface area contributed by atoms with Gasteiger partial charge in [0, 0.05) is 12.1 Å². The fourth-order valence-corrected chi connectivity index (χ4v) is 5.51. The highest BCUT2D eigenvalue weighted by molar-refractivity contribution is 7.92. The van der Waals surface area contributed by atoms with Gasteiger partial charge in [-0.3, -0.25) is 4.72 Å². The van der Waals surface area contributed by atoms with Crippen LogP contribution in [0, 0.1) is 0 Å². The van der Waals surface area contributed by atoms with E-state index in [0.717, 1.165) is 17.4 Å². The van der Waals surface area contributed by atoms with Gasteiger partial charge in [-0.25, -0.2) is 13.2 Å². The average molecular weight is 551 g/mol. The standard InChI is InChI=1S/C27H42N2O6SSi/c1-26(2,3)37(8,9)35-24(20-13-14-23(30)22(16-20)29-36(7,32)33)18-28-27(4,5)17-19-11-10-12-21(15-19)25(31)34-6/h10-16,24,28-30H,17-18H2,1-9H3. The van der Waals surface area contributed by atoms with Crippen molar-refractivity contribution in [3.63, 3.8) is 0 Å². The lowest BCUT2D eigenvalue weighted by Gasteiger charge is -2.40. The Bertz CT molecular complexity index is 1210. The van der Waals surface area contributed by atoms with Crippen LogP contribution in [0.3, 0.4) is 0 Å². The smallest absolute Gasteiger partial charge is 0.337 e. The molecule has 8 nitrogen and oxygen atoms in total. The number of carbonyl (C=O) groups excluding carboxylic acids is 1. The first-order chi connectivity index (χ1) is 16.8. The van der Waals surface area contributed by atoms with E-state index in [1.807, 2.05) is 18.2 Å². The Morgan fingerprint density at radius 3 is 2.30 bits per heavy atom. The molecule has 0 radical (unpaired) electrons. The third-order valence-corrected chi connectivity index (χ3v) is 11.8. The molecule has 0 aliphatic heterocycles. The van der Waals surface area contributed by atoms with Crippen molar-refractivity contribution in [2.45, 2.75) is 70.8 Å². The molecule has 0 fully saturated rings. The van der Waals surface area contributed by atoms with Crippen molar-refractivity contribution in [3.8, 4) is 5.75 Å². The summed E-state index contributed by atoms with van der Waals surface area (Å²) in [5.74, 6) is -0.527. The molecule has 2 rings (SSSR count). The van der Waals surface area contributed by atoms with Gasteiger partial charge < -0.3 is 19.6 Å². The molecule has 206 valence electrons. The number of benzene rings is 2. The number of methoxy groups -OCH3 is 1. The number of aromatic hydroxyl groups is 1. The molecular formula is C27H42N2O6SSi. The molecule has 1 unspecified atom stereocenters. The quantitative estimate of drug-likeness (QED) is 0.200. The summed E-state index contributed by atoms with van der Waals surface area (Å²) in [7, 11) is -4.42. The highest BCUT2D eigenvalue weighted by Gasteiger charge is 2.40. The van der Waals surface area contributed by atoms with Crippen molar-refractivity contribution < 1.29 is 27.5 Å². The lowest BCUT2D eigenvalue weighted by molar-refractivity contribution is 0.0600. The number of hydrogen-bond acceptors (Lipinski definition) is 7. The zero-order valence-electron chi connectivity index (χ0n) is 23.4. The van der Waals surface area contributed by atoms with Crippen LogP contribution in [0.15, 0.2) is 42.5 Å². The molecule has 0 aliphatic rings. The van der Waals surface area contributed by atoms with Gasteiger partial charge in [-0.05, 0) is 73.8 Å². The van der Waals surface area contributed by atoms with Crippen molar-refractivity contribution >= 4 is 30.0 Å². The molecule has 37 heavy (non-hydrogen) atoms. The molecule has 3 N–H and O–H groups in total. The van der Waals surface area contributed by atoms with Crippen molar-refractivity contribution in [1.29, 1.82) is 0 Å². The Labute approximate surface area is 223 Å². The summed E-state index contributed by atoms with van der Waals surface area (Å²) in [6.45, 7) is 15.4. The second-order valence-corrected chi connectivity index (χ2v) is 18.2. The first-order valence-electron chi connectivity index (χ1n) is 12.2. The van der Waals surface area contributed by atoms with E-state index in [9.17, 15) is 18.3 Å². The minimum absolute atomic E-state index is 0.0418. The molecule has 2 aromatic rings. The van der Waals surface area contributed by atoms with Gasteiger partial charge in [0.1, 0.15) is 5.75 Å². The topological polar surface area (TPSA) is 114 Å². The van der Waals surface area contributed by atoms with Crippen LogP contribution < -0.4 is 10.0 Å². The molecule has 0 amide bonds. The molecule has 0 saturated carbocycles. The van der Waals surface area contributed by atoms with E-state index in [-0.39, 0.29) is 34.1 Å². The van der Waals surface area contributed by atoms with Gasteiger partial charge in [0.25, 0.3) is 0 Å². The molecule has 10 heteroatoms. The van der Waals surface area contributed by atoms with Crippen LogP contribution in [-0.4, -0.2) is 53.3 Å². The fraction of sp³-hybridized carbons (Fsp3) is 0.519. The third kappa shape index (κ3) is 9.13. The van der Waals surface area contributed by atoms with E-state index < -0.39 is 18.3 Å². The number of rotatable bonds is 11. The molecule has 0 heterocycles. The van der Waals surface area contributed by atoms with E-state index in [1.54, 1.807) is 18.2 Å². The number of hydrogen-bond donors (Lipinski definition) is 3. The second kappa shape index (κ2) is 11.5. The van der Waals surface area contributed by atoms with Crippen LogP contribution in [0.1, 0.15) is 62.2 Å². The van der Waals surface area contributed by atoms with Crippen LogP contribution in [-0.2, 0) is 25.6 Å². The Morgan fingerprint density at radius 2 is 1.73 bits per heavy atom. The first-order valence-corrected chi connectivity index (χ1v) is 17.0. The van der Waals surface area contributed by atoms with Gasteiger partial charge in [0.05, 0.1) is 30.7 Å². The van der Waals surface area contributed by atoms with Crippen molar-refractivity contribution in [2.24, 2.45) is 0 Å². The minimum Gasteiger partial charge on any atom is -0.506 e. The van der Waals surface area contributed by atoms with E-state index in [0.29, 0.717) is 18.5 Å². The van der Waals surface area contributed by atoms with E-state index in [1.165, 1.54) is 13.2 Å². The van der Waals surface area contributed by atoms with Crippen LogP contribution >= 0.6 is 0 Å². The number of phenols is 1. The van der Waals surface area contributed by atoms with Crippen LogP contribution in [0.2, 0.25) is 18.1 Å². The SMILES string of the molecule is COC(=O)c1cccc(CC(C)(C)NCC(O[Si](C)(C)C(C)(C)C)c2ccc(O)c(NS(C)(=O)=O)c2)c1. The van der Waals surface area contributed by atoms with E-state index >= 15 is 0 Å². The van der Waals surface area contributed by atoms with Gasteiger partial charge >= 0.3 is 5.97 Å². The predicted molar refractivity (Wildman–Crippen MR) is 151 cm³/mol. The minimum atomic E-state index is -3.57. The summed E-state index contributed by atoms with van der Waals surface area (Å²) < 4.78 is 37.7. The molecule has 0 aromatic heterocycles. The highest BCUT2D eigenvalue weighted by atomic mass is 32.2. The fourth-order valence-electron chi connectivity index (χ4n) is 3.66. The first kappa shape index (κ1) is 30.8. The lowest BCUT2D eigenvalue weighted by Crippen LogP contribution is -2.47. The van der Waals surface area contributed by atoms with Crippen molar-refractivity contribution in [2.75, 3.05) is 24.6 Å². The van der Waals surface area contributed by atoms with E-state index in [2.05, 4.69) is 57.8 Å². The maximum Gasteiger partial charge on any atom is 0.337 e. The maximum absolute atomic E-state index is 11.9. The zero-order valence-corrected chi connectivity index (χ0v) is 25.2. The Hall–Kier alpha value is -2.40. The summed E-state index contributed by atoms with van der Waals surface area (Å²) >= 11 is 0. The number of nitrogens with one attached hydrogen (secondary N) is 2. The zero-order chi connectivity index (χ0) is 28.2. The Balaban J connectivity index is 2.34. The van der Waals surface area contributed by atoms with Gasteiger partial charge in [-0.1, -0.05) is 39.0 Å². The molecular weight excluding hydrogens is 508 g/mol. The molecule has 0 spiro atoms. The summed E-state index contributed by atoms with van der Waals surface area (Å²) in [6, 6.07) is 12.2. The summed E-state index contributed by atoms with van der Waals surface area (Å²) in [4.78, 5) is 11.9. The average Bonchev–Trinajstić information content (AvgIpc) is 2.75. The number of anilines is 1.